The SMILES string of the molecule is O=C(O)Cc1ccc(NC(=O)c2csc(CN3CCOCC3)n2)cc1. The Labute approximate surface area is 149 Å². The first kappa shape index (κ1) is 17.5. The molecule has 1 aliphatic rings. The van der Waals surface area contributed by atoms with Gasteiger partial charge >= 0.3 is 5.97 Å². The van der Waals surface area contributed by atoms with Crippen LogP contribution in [0.2, 0.25) is 0 Å². The quantitative estimate of drug-likeness (QED) is 0.816. The maximum Gasteiger partial charge on any atom is 0.307 e. The molecule has 0 spiro atoms. The summed E-state index contributed by atoms with van der Waals surface area (Å²) in [5.74, 6) is -1.15. The van der Waals surface area contributed by atoms with Gasteiger partial charge in [-0.15, -0.1) is 11.3 Å². The number of nitrogens with one attached hydrogen (secondary N) is 1. The molecule has 1 aromatic carbocycles. The number of amides is 1. The van der Waals surface area contributed by atoms with Gasteiger partial charge in [-0.3, -0.25) is 14.5 Å². The molecule has 0 radical (unpaired) electrons. The van der Waals surface area contributed by atoms with Crippen LogP contribution in [0.1, 0.15) is 21.1 Å². The monoisotopic (exact) mass is 361 g/mol. The molecule has 2 N–H and O–H groups in total. The van der Waals surface area contributed by atoms with Crippen LogP contribution in [0.3, 0.4) is 0 Å². The normalized spacial score (nSPS) is 15.0. The van der Waals surface area contributed by atoms with Gasteiger partial charge < -0.3 is 15.2 Å². The molecule has 3 rings (SSSR count). The molecule has 1 amide bonds. The lowest BCUT2D eigenvalue weighted by Crippen LogP contribution is -2.35. The third kappa shape index (κ3) is 5.09. The lowest BCUT2D eigenvalue weighted by Gasteiger charge is -2.25. The summed E-state index contributed by atoms with van der Waals surface area (Å²) in [6.07, 6.45) is -0.0365. The summed E-state index contributed by atoms with van der Waals surface area (Å²) in [5.41, 5.74) is 1.69. The number of thiazole rings is 1. The second kappa shape index (κ2) is 8.19. The first-order valence-corrected chi connectivity index (χ1v) is 8.85. The zero-order chi connectivity index (χ0) is 17.6. The number of benzene rings is 1. The Morgan fingerprint density at radius 3 is 2.64 bits per heavy atom. The van der Waals surface area contributed by atoms with E-state index < -0.39 is 5.97 Å². The molecule has 1 fully saturated rings. The number of aromatic nitrogens is 1. The standard InChI is InChI=1S/C17H19N3O4S/c21-16(22)9-12-1-3-13(4-2-12)18-17(23)14-11-25-15(19-14)10-20-5-7-24-8-6-20/h1-4,11H,5-10H2,(H,18,23)(H,21,22). The van der Waals surface area contributed by atoms with E-state index in [0.717, 1.165) is 37.9 Å². The average molecular weight is 361 g/mol. The van der Waals surface area contributed by atoms with Crippen molar-refractivity contribution in [3.8, 4) is 0 Å². The second-order valence-electron chi connectivity index (χ2n) is 5.74. The van der Waals surface area contributed by atoms with Crippen molar-refractivity contribution in [2.45, 2.75) is 13.0 Å². The van der Waals surface area contributed by atoms with Crippen molar-refractivity contribution in [3.63, 3.8) is 0 Å². The van der Waals surface area contributed by atoms with E-state index in [-0.39, 0.29) is 12.3 Å². The van der Waals surface area contributed by atoms with E-state index in [1.165, 1.54) is 11.3 Å². The van der Waals surface area contributed by atoms with Gasteiger partial charge in [-0.25, -0.2) is 4.98 Å². The van der Waals surface area contributed by atoms with Crippen LogP contribution < -0.4 is 5.32 Å². The fraction of sp³-hybridized carbons (Fsp3) is 0.353. The highest BCUT2D eigenvalue weighted by molar-refractivity contribution is 7.09. The number of aliphatic carboxylic acids is 1. The fourth-order valence-electron chi connectivity index (χ4n) is 2.51. The van der Waals surface area contributed by atoms with Crippen molar-refractivity contribution >= 4 is 28.9 Å². The molecule has 0 bridgehead atoms. The third-order valence-corrected chi connectivity index (χ3v) is 4.65. The first-order valence-electron chi connectivity index (χ1n) is 7.97. The fourth-order valence-corrected chi connectivity index (χ4v) is 3.33. The summed E-state index contributed by atoms with van der Waals surface area (Å²) < 4.78 is 5.32. The number of carboxylic acids is 1. The van der Waals surface area contributed by atoms with Crippen molar-refractivity contribution < 1.29 is 19.4 Å². The van der Waals surface area contributed by atoms with E-state index in [2.05, 4.69) is 15.2 Å². The Kier molecular flexibility index (Phi) is 5.75. The number of nitrogens with zero attached hydrogens (tertiary/aromatic N) is 2. The Hall–Kier alpha value is -2.29. The predicted octanol–water partition coefficient (Wildman–Crippen LogP) is 1.85. The van der Waals surface area contributed by atoms with Crippen LogP contribution in [-0.4, -0.2) is 53.2 Å². The minimum Gasteiger partial charge on any atom is -0.481 e. The van der Waals surface area contributed by atoms with Crippen LogP contribution in [0.4, 0.5) is 5.69 Å². The Morgan fingerprint density at radius 1 is 1.24 bits per heavy atom. The van der Waals surface area contributed by atoms with E-state index in [9.17, 15) is 9.59 Å². The maximum absolute atomic E-state index is 12.3. The van der Waals surface area contributed by atoms with Gasteiger partial charge in [-0.05, 0) is 17.7 Å². The van der Waals surface area contributed by atoms with Gasteiger partial charge in [0.15, 0.2) is 0 Å². The number of hydrogen-bond donors (Lipinski definition) is 2. The molecule has 0 unspecified atom stereocenters. The summed E-state index contributed by atoms with van der Waals surface area (Å²) in [6, 6.07) is 6.76. The lowest BCUT2D eigenvalue weighted by molar-refractivity contribution is -0.136. The third-order valence-electron chi connectivity index (χ3n) is 3.81. The van der Waals surface area contributed by atoms with Gasteiger partial charge in [-0.2, -0.15) is 0 Å². The summed E-state index contributed by atoms with van der Waals surface area (Å²) in [7, 11) is 0. The van der Waals surface area contributed by atoms with E-state index in [4.69, 9.17) is 9.84 Å². The summed E-state index contributed by atoms with van der Waals surface area (Å²) in [6.45, 7) is 3.95. The van der Waals surface area contributed by atoms with Crippen molar-refractivity contribution in [1.82, 2.24) is 9.88 Å². The predicted molar refractivity (Wildman–Crippen MR) is 93.9 cm³/mol. The Balaban J connectivity index is 1.56. The zero-order valence-corrected chi connectivity index (χ0v) is 14.4. The van der Waals surface area contributed by atoms with Crippen LogP contribution in [-0.2, 0) is 22.5 Å². The number of morpholine rings is 1. The van der Waals surface area contributed by atoms with E-state index in [1.807, 2.05) is 0 Å². The second-order valence-corrected chi connectivity index (χ2v) is 6.68. The summed E-state index contributed by atoms with van der Waals surface area (Å²) >= 11 is 1.47. The van der Waals surface area contributed by atoms with Gasteiger partial charge in [0.2, 0.25) is 0 Å². The number of hydrogen-bond acceptors (Lipinski definition) is 6. The number of rotatable bonds is 6. The molecule has 2 aromatic rings. The average Bonchev–Trinajstić information content (AvgIpc) is 3.06. The van der Waals surface area contributed by atoms with Crippen molar-refractivity contribution in [2.24, 2.45) is 0 Å². The van der Waals surface area contributed by atoms with Gasteiger partial charge in [0.05, 0.1) is 26.2 Å². The number of carbonyl (C=O) groups is 2. The molecule has 7 nitrogen and oxygen atoms in total. The lowest BCUT2D eigenvalue weighted by atomic mass is 10.1. The van der Waals surface area contributed by atoms with Gasteiger partial charge in [0, 0.05) is 24.2 Å². The van der Waals surface area contributed by atoms with Gasteiger partial charge in [0.1, 0.15) is 10.7 Å². The molecule has 25 heavy (non-hydrogen) atoms. The van der Waals surface area contributed by atoms with Gasteiger partial charge in [-0.1, -0.05) is 12.1 Å². The first-order chi connectivity index (χ1) is 12.1. The minimum absolute atomic E-state index is 0.0365. The van der Waals surface area contributed by atoms with E-state index in [0.29, 0.717) is 16.9 Å². The molecule has 8 heteroatoms. The molecule has 0 saturated carbocycles. The molecule has 1 aliphatic heterocycles. The highest BCUT2D eigenvalue weighted by Gasteiger charge is 2.15. The Bertz CT molecular complexity index is 739. The molecule has 1 aromatic heterocycles. The van der Waals surface area contributed by atoms with Crippen LogP contribution >= 0.6 is 11.3 Å². The molecular formula is C17H19N3O4S. The van der Waals surface area contributed by atoms with E-state index >= 15 is 0 Å². The highest BCUT2D eigenvalue weighted by atomic mass is 32.1. The molecule has 0 atom stereocenters. The minimum atomic E-state index is -0.882. The Morgan fingerprint density at radius 2 is 1.96 bits per heavy atom. The van der Waals surface area contributed by atoms with Crippen molar-refractivity contribution in [2.75, 3.05) is 31.6 Å². The van der Waals surface area contributed by atoms with E-state index in [1.54, 1.807) is 29.6 Å². The molecule has 2 heterocycles. The molecule has 1 saturated heterocycles. The number of carbonyl (C=O) groups excluding carboxylic acids is 1. The van der Waals surface area contributed by atoms with Crippen molar-refractivity contribution in [1.29, 1.82) is 0 Å². The summed E-state index contributed by atoms with van der Waals surface area (Å²) in [4.78, 5) is 29.6. The topological polar surface area (TPSA) is 91.8 Å². The van der Waals surface area contributed by atoms with Crippen LogP contribution in [0.5, 0.6) is 0 Å². The molecule has 132 valence electrons. The number of carboxylic acid groups (broad SMARTS) is 1. The summed E-state index contributed by atoms with van der Waals surface area (Å²) in [5, 5.41) is 14.2. The number of anilines is 1. The maximum atomic E-state index is 12.3. The van der Waals surface area contributed by atoms with Crippen LogP contribution in [0.15, 0.2) is 29.6 Å². The molecule has 0 aliphatic carbocycles. The zero-order valence-electron chi connectivity index (χ0n) is 13.6. The van der Waals surface area contributed by atoms with Gasteiger partial charge in [0.25, 0.3) is 5.91 Å². The van der Waals surface area contributed by atoms with Crippen LogP contribution in [0, 0.1) is 0 Å². The largest absolute Gasteiger partial charge is 0.481 e. The van der Waals surface area contributed by atoms with Crippen LogP contribution in [0.25, 0.3) is 0 Å². The highest BCUT2D eigenvalue weighted by Crippen LogP contribution is 2.16. The number of ether oxygens (including phenoxy) is 1. The van der Waals surface area contributed by atoms with Crippen molar-refractivity contribution in [3.05, 3.63) is 45.9 Å². The molecular weight excluding hydrogens is 342 g/mol. The smallest absolute Gasteiger partial charge is 0.307 e.